The van der Waals surface area contributed by atoms with Gasteiger partial charge in [0.25, 0.3) is 5.91 Å². The lowest BCUT2D eigenvalue weighted by Gasteiger charge is -2.43. The minimum Gasteiger partial charge on any atom is -0.496 e. The third kappa shape index (κ3) is 4.07. The molecule has 2 aromatic rings. The second-order valence-electron chi connectivity index (χ2n) is 8.60. The minimum atomic E-state index is -0.148. The van der Waals surface area contributed by atoms with E-state index in [1.165, 1.54) is 17.3 Å². The number of nitrogens with one attached hydrogen (secondary N) is 1. The predicted octanol–water partition coefficient (Wildman–Crippen LogP) is 5.92. The van der Waals surface area contributed by atoms with Crippen LogP contribution in [0.1, 0.15) is 44.4 Å². The van der Waals surface area contributed by atoms with Crippen LogP contribution in [0.4, 0.5) is 11.4 Å². The first-order chi connectivity index (χ1) is 15.2. The van der Waals surface area contributed by atoms with Gasteiger partial charge in [0.2, 0.25) is 0 Å². The summed E-state index contributed by atoms with van der Waals surface area (Å²) in [5.74, 6) is 0.601. The van der Waals surface area contributed by atoms with Crippen molar-refractivity contribution in [3.63, 3.8) is 0 Å². The quantitative estimate of drug-likeness (QED) is 0.592. The summed E-state index contributed by atoms with van der Waals surface area (Å²) < 4.78 is 5.73. The van der Waals surface area contributed by atoms with Crippen molar-refractivity contribution in [2.75, 3.05) is 18.6 Å². The van der Waals surface area contributed by atoms with E-state index >= 15 is 0 Å². The van der Waals surface area contributed by atoms with Crippen molar-refractivity contribution in [3.8, 4) is 5.75 Å². The average molecular weight is 448 g/mol. The number of methoxy groups -OCH3 is 1. The summed E-state index contributed by atoms with van der Waals surface area (Å²) in [6, 6.07) is 12.1. The molecule has 2 aliphatic heterocycles. The van der Waals surface area contributed by atoms with Gasteiger partial charge in [-0.05, 0) is 75.7 Å². The Labute approximate surface area is 194 Å². The van der Waals surface area contributed by atoms with Gasteiger partial charge < -0.3 is 15.0 Å². The number of carbonyl (C=O) groups excluding carboxylic acids is 1. The monoisotopic (exact) mass is 447 g/mol. The van der Waals surface area contributed by atoms with Gasteiger partial charge in [-0.1, -0.05) is 24.3 Å². The van der Waals surface area contributed by atoms with E-state index in [0.717, 1.165) is 40.4 Å². The molecule has 0 saturated carbocycles. The number of para-hydroxylation sites is 1. The van der Waals surface area contributed by atoms with Crippen molar-refractivity contribution in [3.05, 3.63) is 64.1 Å². The highest BCUT2D eigenvalue weighted by molar-refractivity contribution is 8.18. The Hall–Kier alpha value is -2.99. The zero-order chi connectivity index (χ0) is 23.0. The smallest absolute Gasteiger partial charge is 0.264 e. The number of thioether (sulfide) groups is 1. The molecule has 32 heavy (non-hydrogen) atoms. The maximum absolute atomic E-state index is 12.7. The highest BCUT2D eigenvalue weighted by atomic mass is 32.2. The van der Waals surface area contributed by atoms with E-state index < -0.39 is 0 Å². The van der Waals surface area contributed by atoms with Crippen LogP contribution < -0.4 is 15.0 Å². The fourth-order valence-electron chi connectivity index (χ4n) is 4.41. The molecule has 0 atom stereocenters. The Balaban J connectivity index is 1.73. The zero-order valence-corrected chi connectivity index (χ0v) is 20.3. The molecule has 1 saturated heterocycles. The summed E-state index contributed by atoms with van der Waals surface area (Å²) in [6.07, 6.45) is 4.19. The van der Waals surface area contributed by atoms with Crippen molar-refractivity contribution < 1.29 is 9.53 Å². The van der Waals surface area contributed by atoms with Crippen molar-refractivity contribution in [2.24, 2.45) is 4.99 Å². The number of amides is 1. The zero-order valence-electron chi connectivity index (χ0n) is 19.4. The first-order valence-electron chi connectivity index (χ1n) is 10.8. The van der Waals surface area contributed by atoms with Crippen LogP contribution in [-0.2, 0) is 4.79 Å². The molecule has 2 heterocycles. The van der Waals surface area contributed by atoms with Crippen LogP contribution in [-0.4, -0.2) is 30.3 Å². The molecule has 1 fully saturated rings. The van der Waals surface area contributed by atoms with Gasteiger partial charge in [-0.15, -0.1) is 0 Å². The van der Waals surface area contributed by atoms with Crippen LogP contribution in [0, 0.1) is 6.92 Å². The number of aryl methyl sites for hydroxylation is 1. The lowest BCUT2D eigenvalue weighted by Crippen LogP contribution is -2.44. The van der Waals surface area contributed by atoms with E-state index in [1.807, 2.05) is 37.3 Å². The standard InChI is InChI=1S/C26H29N3O2S/c1-7-29-21-14-22(31-6)18(12-19(21)17(3)15-26(29,4)5)13-23-24(30)28-25(32-23)27-20-11-9-8-10-16(20)2/h8-15H,7H2,1-6H3,(H,27,28,30)/b23-13+. The fourth-order valence-corrected chi connectivity index (χ4v) is 5.23. The number of allylic oxidation sites excluding steroid dienone is 1. The summed E-state index contributed by atoms with van der Waals surface area (Å²) in [5.41, 5.74) is 6.27. The van der Waals surface area contributed by atoms with E-state index in [4.69, 9.17) is 4.74 Å². The van der Waals surface area contributed by atoms with Gasteiger partial charge in [-0.2, -0.15) is 0 Å². The number of aliphatic imine (C=N–C) groups is 1. The average Bonchev–Trinajstić information content (AvgIpc) is 3.08. The molecule has 6 heteroatoms. The first kappa shape index (κ1) is 22.2. The van der Waals surface area contributed by atoms with Gasteiger partial charge >= 0.3 is 0 Å². The normalized spacial score (nSPS) is 19.8. The highest BCUT2D eigenvalue weighted by Crippen LogP contribution is 2.43. The molecule has 0 aromatic heterocycles. The molecular formula is C26H29N3O2S. The van der Waals surface area contributed by atoms with Gasteiger partial charge in [-0.25, -0.2) is 4.99 Å². The fraction of sp³-hybridized carbons (Fsp3) is 0.308. The van der Waals surface area contributed by atoms with E-state index in [2.05, 4.69) is 61.1 Å². The van der Waals surface area contributed by atoms with Crippen LogP contribution in [0.15, 0.2) is 52.4 Å². The third-order valence-corrected chi connectivity index (χ3v) is 6.83. The van der Waals surface area contributed by atoms with Crippen LogP contribution >= 0.6 is 11.8 Å². The molecule has 0 radical (unpaired) electrons. The van der Waals surface area contributed by atoms with E-state index in [0.29, 0.717) is 10.1 Å². The molecule has 2 aliphatic rings. The second kappa shape index (κ2) is 8.51. The Bertz CT molecular complexity index is 1180. The summed E-state index contributed by atoms with van der Waals surface area (Å²) in [4.78, 5) is 20.3. The maximum Gasteiger partial charge on any atom is 0.264 e. The number of hydrogen-bond donors (Lipinski definition) is 1. The van der Waals surface area contributed by atoms with Crippen LogP contribution in [0.2, 0.25) is 0 Å². The van der Waals surface area contributed by atoms with Gasteiger partial charge in [0.05, 0.1) is 23.2 Å². The number of hydrogen-bond acceptors (Lipinski definition) is 5. The number of carbonyl (C=O) groups is 1. The number of rotatable bonds is 4. The molecule has 5 nitrogen and oxygen atoms in total. The Morgan fingerprint density at radius 1 is 1.22 bits per heavy atom. The predicted molar refractivity (Wildman–Crippen MR) is 136 cm³/mol. The van der Waals surface area contributed by atoms with Gasteiger partial charge in [0.1, 0.15) is 5.75 Å². The van der Waals surface area contributed by atoms with Crippen molar-refractivity contribution >= 4 is 45.9 Å². The third-order valence-electron chi connectivity index (χ3n) is 5.92. The molecule has 2 aromatic carbocycles. The number of likely N-dealkylation sites (N-methyl/N-ethyl adjacent to an activating group) is 1. The van der Waals surface area contributed by atoms with Gasteiger partial charge in [0, 0.05) is 29.4 Å². The molecule has 166 valence electrons. The topological polar surface area (TPSA) is 53.9 Å². The number of benzene rings is 2. The van der Waals surface area contributed by atoms with E-state index in [-0.39, 0.29) is 11.4 Å². The van der Waals surface area contributed by atoms with Crippen molar-refractivity contribution in [2.45, 2.75) is 40.2 Å². The van der Waals surface area contributed by atoms with Crippen molar-refractivity contribution in [1.29, 1.82) is 0 Å². The Morgan fingerprint density at radius 2 is 1.97 bits per heavy atom. The SMILES string of the molecule is CCN1c2cc(OC)c(/C=C3/SC(=Nc4ccccc4C)NC3=O)cc2C(C)=CC1(C)C. The number of anilines is 1. The second-order valence-corrected chi connectivity index (χ2v) is 9.64. The lowest BCUT2D eigenvalue weighted by molar-refractivity contribution is -0.115. The van der Waals surface area contributed by atoms with E-state index in [9.17, 15) is 4.79 Å². The molecule has 1 amide bonds. The Morgan fingerprint density at radius 3 is 2.66 bits per heavy atom. The number of ether oxygens (including phenoxy) is 1. The molecule has 0 unspecified atom stereocenters. The summed E-state index contributed by atoms with van der Waals surface area (Å²) in [5, 5.41) is 3.47. The summed E-state index contributed by atoms with van der Waals surface area (Å²) in [7, 11) is 1.67. The summed E-state index contributed by atoms with van der Waals surface area (Å²) in [6.45, 7) is 11.6. The summed E-state index contributed by atoms with van der Waals surface area (Å²) >= 11 is 1.35. The number of nitrogens with zero attached hydrogens (tertiary/aromatic N) is 2. The molecule has 1 N–H and O–H groups in total. The molecule has 0 bridgehead atoms. The van der Waals surface area contributed by atoms with Crippen LogP contribution in [0.3, 0.4) is 0 Å². The maximum atomic E-state index is 12.7. The van der Waals surface area contributed by atoms with Crippen LogP contribution in [0.25, 0.3) is 11.6 Å². The molecule has 4 rings (SSSR count). The van der Waals surface area contributed by atoms with Crippen LogP contribution in [0.5, 0.6) is 5.75 Å². The minimum absolute atomic E-state index is 0.0705. The Kier molecular flexibility index (Phi) is 5.91. The van der Waals surface area contributed by atoms with Gasteiger partial charge in [-0.3, -0.25) is 4.79 Å². The molecule has 0 spiro atoms. The molecular weight excluding hydrogens is 418 g/mol. The number of amidine groups is 1. The van der Waals surface area contributed by atoms with Gasteiger partial charge in [0.15, 0.2) is 5.17 Å². The van der Waals surface area contributed by atoms with Crippen molar-refractivity contribution in [1.82, 2.24) is 5.32 Å². The largest absolute Gasteiger partial charge is 0.496 e. The number of fused-ring (bicyclic) bond motifs is 1. The highest BCUT2D eigenvalue weighted by Gasteiger charge is 2.31. The lowest BCUT2D eigenvalue weighted by atomic mass is 9.87. The van der Waals surface area contributed by atoms with E-state index in [1.54, 1.807) is 7.11 Å². The molecule has 0 aliphatic carbocycles. The first-order valence-corrected chi connectivity index (χ1v) is 11.6.